The zero-order valence-electron chi connectivity index (χ0n) is 18.3. The van der Waals surface area contributed by atoms with Gasteiger partial charge in [-0.1, -0.05) is 48.0 Å². The first-order valence-corrected chi connectivity index (χ1v) is 10.6. The lowest BCUT2D eigenvalue weighted by Crippen LogP contribution is -2.23. The van der Waals surface area contributed by atoms with Crippen molar-refractivity contribution in [3.63, 3.8) is 0 Å². The number of methoxy groups -OCH3 is 1. The van der Waals surface area contributed by atoms with Gasteiger partial charge in [0, 0.05) is 11.6 Å². The van der Waals surface area contributed by atoms with Crippen LogP contribution in [-0.4, -0.2) is 25.6 Å². The van der Waals surface area contributed by atoms with E-state index >= 15 is 0 Å². The van der Waals surface area contributed by atoms with Crippen molar-refractivity contribution in [2.75, 3.05) is 13.7 Å². The first-order chi connectivity index (χ1) is 16.5. The van der Waals surface area contributed by atoms with Crippen LogP contribution in [0.25, 0.3) is 6.08 Å². The first kappa shape index (κ1) is 24.4. The minimum Gasteiger partial charge on any atom is -0.493 e. The highest BCUT2D eigenvalue weighted by molar-refractivity contribution is 6.30. The molecule has 3 rings (SSSR count). The van der Waals surface area contributed by atoms with Crippen LogP contribution in [0.2, 0.25) is 5.02 Å². The minimum absolute atomic E-state index is 0.0703. The highest BCUT2D eigenvalue weighted by Crippen LogP contribution is 2.29. The molecule has 0 aliphatic rings. The molecule has 172 valence electrons. The highest BCUT2D eigenvalue weighted by atomic mass is 35.5. The lowest BCUT2D eigenvalue weighted by Gasteiger charge is -2.11. The average Bonchev–Trinajstić information content (AvgIpc) is 2.86. The van der Waals surface area contributed by atoms with Crippen molar-refractivity contribution in [1.82, 2.24) is 5.32 Å². The Bertz CT molecular complexity index is 1220. The lowest BCUT2D eigenvalue weighted by atomic mass is 10.1. The number of halogens is 1. The van der Waals surface area contributed by atoms with E-state index in [9.17, 15) is 14.9 Å². The topological polar surface area (TPSA) is 97.6 Å². The molecule has 0 saturated carbocycles. The van der Waals surface area contributed by atoms with E-state index in [-0.39, 0.29) is 23.7 Å². The smallest absolute Gasteiger partial charge is 0.349 e. The molecule has 0 aliphatic heterocycles. The van der Waals surface area contributed by atoms with Gasteiger partial charge in [-0.3, -0.25) is 4.79 Å². The second kappa shape index (κ2) is 12.1. The van der Waals surface area contributed by atoms with Crippen molar-refractivity contribution < 1.29 is 23.8 Å². The number of amides is 1. The molecule has 0 saturated heterocycles. The number of rotatable bonds is 9. The number of hydrogen-bond acceptors (Lipinski definition) is 6. The molecule has 0 fully saturated rings. The summed E-state index contributed by atoms with van der Waals surface area (Å²) in [4.78, 5) is 24.6. The Balaban J connectivity index is 1.63. The van der Waals surface area contributed by atoms with Crippen LogP contribution in [0.15, 0.2) is 78.4 Å². The van der Waals surface area contributed by atoms with Gasteiger partial charge in [0.1, 0.15) is 17.4 Å². The summed E-state index contributed by atoms with van der Waals surface area (Å²) in [7, 11) is 1.42. The zero-order valence-corrected chi connectivity index (χ0v) is 19.0. The third-order valence-electron chi connectivity index (χ3n) is 4.55. The average molecular weight is 477 g/mol. The molecule has 8 heteroatoms. The van der Waals surface area contributed by atoms with E-state index in [1.165, 1.54) is 19.3 Å². The van der Waals surface area contributed by atoms with E-state index in [0.717, 1.165) is 5.56 Å². The SMILES string of the molecule is COc1cc(/C=C(\C#N)C(=O)NCc2ccccc2)ccc1OC(=O)COc1ccc(Cl)cc1. The molecule has 1 N–H and O–H groups in total. The summed E-state index contributed by atoms with van der Waals surface area (Å²) in [6.45, 7) is -0.0123. The summed E-state index contributed by atoms with van der Waals surface area (Å²) in [5.74, 6) is -0.218. The summed E-state index contributed by atoms with van der Waals surface area (Å²) in [6.07, 6.45) is 1.43. The van der Waals surface area contributed by atoms with Gasteiger partial charge in [-0.15, -0.1) is 0 Å². The van der Waals surface area contributed by atoms with Crippen molar-refractivity contribution in [1.29, 1.82) is 5.26 Å². The van der Waals surface area contributed by atoms with Gasteiger partial charge in [0.2, 0.25) is 0 Å². The fourth-order valence-corrected chi connectivity index (χ4v) is 3.00. The predicted octanol–water partition coefficient (Wildman–Crippen LogP) is 4.56. The molecule has 7 nitrogen and oxygen atoms in total. The molecular formula is C26H21ClN2O5. The molecular weight excluding hydrogens is 456 g/mol. The molecule has 1 amide bonds. The molecule has 0 aliphatic carbocycles. The largest absolute Gasteiger partial charge is 0.493 e. The molecule has 34 heavy (non-hydrogen) atoms. The predicted molar refractivity (Wildman–Crippen MR) is 127 cm³/mol. The maximum Gasteiger partial charge on any atom is 0.349 e. The monoisotopic (exact) mass is 476 g/mol. The van der Waals surface area contributed by atoms with Crippen molar-refractivity contribution in [3.8, 4) is 23.3 Å². The molecule has 0 spiro atoms. The standard InChI is InChI=1S/C26H21ClN2O5/c1-32-24-14-19(13-20(15-28)26(31)29-16-18-5-3-2-4-6-18)7-12-23(24)34-25(30)17-33-22-10-8-21(27)9-11-22/h2-14H,16-17H2,1H3,(H,29,31)/b20-13+. The Morgan fingerprint density at radius 3 is 2.44 bits per heavy atom. The Morgan fingerprint density at radius 2 is 1.76 bits per heavy atom. The van der Waals surface area contributed by atoms with E-state index in [0.29, 0.717) is 22.9 Å². The quantitative estimate of drug-likeness (QED) is 0.210. The Labute approximate surface area is 202 Å². The van der Waals surface area contributed by atoms with Crippen LogP contribution < -0.4 is 19.5 Å². The second-order valence-electron chi connectivity index (χ2n) is 6.97. The molecule has 0 radical (unpaired) electrons. The van der Waals surface area contributed by atoms with Gasteiger partial charge in [-0.05, 0) is 53.6 Å². The van der Waals surface area contributed by atoms with Crippen molar-refractivity contribution in [2.45, 2.75) is 6.54 Å². The molecule has 0 unspecified atom stereocenters. The molecule has 3 aromatic carbocycles. The Kier molecular flexibility index (Phi) is 8.67. The van der Waals surface area contributed by atoms with Crippen molar-refractivity contribution >= 4 is 29.6 Å². The maximum atomic E-state index is 12.4. The minimum atomic E-state index is -0.630. The number of esters is 1. The fraction of sp³-hybridized carbons (Fsp3) is 0.115. The number of hydrogen-bond donors (Lipinski definition) is 1. The summed E-state index contributed by atoms with van der Waals surface area (Å²) in [5, 5.41) is 12.7. The summed E-state index contributed by atoms with van der Waals surface area (Å²) < 4.78 is 16.0. The Hall–Kier alpha value is -4.28. The van der Waals surface area contributed by atoms with Crippen LogP contribution in [0.3, 0.4) is 0 Å². The molecule has 0 bridgehead atoms. The number of nitrogens with zero attached hydrogens (tertiary/aromatic N) is 1. The lowest BCUT2D eigenvalue weighted by molar-refractivity contribution is -0.136. The summed E-state index contributed by atoms with van der Waals surface area (Å²) in [6, 6.07) is 22.5. The van der Waals surface area contributed by atoms with Crippen LogP contribution in [0.5, 0.6) is 17.2 Å². The summed E-state index contributed by atoms with van der Waals surface area (Å²) in [5.41, 5.74) is 1.38. The molecule has 0 aromatic heterocycles. The van der Waals surface area contributed by atoms with Gasteiger partial charge in [-0.25, -0.2) is 4.79 Å². The van der Waals surface area contributed by atoms with E-state index in [4.69, 9.17) is 25.8 Å². The van der Waals surface area contributed by atoms with Gasteiger partial charge in [0.25, 0.3) is 5.91 Å². The van der Waals surface area contributed by atoms with Gasteiger partial charge < -0.3 is 19.5 Å². The van der Waals surface area contributed by atoms with Gasteiger partial charge in [0.15, 0.2) is 18.1 Å². The number of ether oxygens (including phenoxy) is 3. The number of carbonyl (C=O) groups is 2. The maximum absolute atomic E-state index is 12.4. The molecule has 0 atom stereocenters. The van der Waals surface area contributed by atoms with Crippen LogP contribution in [0.1, 0.15) is 11.1 Å². The van der Waals surface area contributed by atoms with Crippen molar-refractivity contribution in [2.24, 2.45) is 0 Å². The van der Waals surface area contributed by atoms with Crippen molar-refractivity contribution in [3.05, 3.63) is 94.5 Å². The normalized spacial score (nSPS) is 10.7. The number of nitrogens with one attached hydrogen (secondary N) is 1. The third-order valence-corrected chi connectivity index (χ3v) is 4.81. The number of nitriles is 1. The van der Waals surface area contributed by atoms with E-state index in [1.54, 1.807) is 36.4 Å². The zero-order chi connectivity index (χ0) is 24.3. The van der Waals surface area contributed by atoms with E-state index in [2.05, 4.69) is 5.32 Å². The van der Waals surface area contributed by atoms with Gasteiger partial charge in [-0.2, -0.15) is 5.26 Å². The summed E-state index contributed by atoms with van der Waals surface area (Å²) >= 11 is 5.82. The van der Waals surface area contributed by atoms with Crippen LogP contribution in [0, 0.1) is 11.3 Å². The van der Waals surface area contributed by atoms with E-state index in [1.807, 2.05) is 36.4 Å². The Morgan fingerprint density at radius 1 is 1.03 bits per heavy atom. The number of benzene rings is 3. The molecule has 0 heterocycles. The van der Waals surface area contributed by atoms with Crippen LogP contribution in [0.4, 0.5) is 0 Å². The fourth-order valence-electron chi connectivity index (χ4n) is 2.87. The van der Waals surface area contributed by atoms with E-state index < -0.39 is 11.9 Å². The first-order valence-electron chi connectivity index (χ1n) is 10.2. The van der Waals surface area contributed by atoms with Gasteiger partial charge >= 0.3 is 5.97 Å². The number of carbonyl (C=O) groups excluding carboxylic acids is 2. The second-order valence-corrected chi connectivity index (χ2v) is 7.40. The van der Waals surface area contributed by atoms with Crippen LogP contribution >= 0.6 is 11.6 Å². The molecule has 3 aromatic rings. The third kappa shape index (κ3) is 7.12. The van der Waals surface area contributed by atoms with Crippen LogP contribution in [-0.2, 0) is 16.1 Å². The highest BCUT2D eigenvalue weighted by Gasteiger charge is 2.13. The van der Waals surface area contributed by atoms with Gasteiger partial charge in [0.05, 0.1) is 7.11 Å².